The van der Waals surface area contributed by atoms with Gasteiger partial charge < -0.3 is 39.2 Å². The Balaban J connectivity index is 2.34. The Kier molecular flexibility index (Phi) is 9.33. The fourth-order valence-corrected chi connectivity index (χ4v) is 5.67. The molecule has 43 heavy (non-hydrogen) atoms. The van der Waals surface area contributed by atoms with Gasteiger partial charge in [0.25, 0.3) is 0 Å². The van der Waals surface area contributed by atoms with E-state index in [1.165, 1.54) is 12.1 Å². The van der Waals surface area contributed by atoms with Crippen LogP contribution in [0.4, 0.5) is 5.69 Å². The summed E-state index contributed by atoms with van der Waals surface area (Å²) in [5.74, 6) is -5.32. The number of carboxylic acid groups (broad SMARTS) is 3. The second kappa shape index (κ2) is 12.6. The molecule has 0 saturated heterocycles. The van der Waals surface area contributed by atoms with E-state index in [1.54, 1.807) is 36.4 Å². The van der Waals surface area contributed by atoms with Gasteiger partial charge in [-0.15, -0.1) is 0 Å². The number of phenolic OH excluding ortho intramolecular Hbond substituents is 1. The van der Waals surface area contributed by atoms with Crippen LogP contribution in [0.1, 0.15) is 34.6 Å². The minimum absolute atomic E-state index is 0.0604. The molecule has 0 aromatic heterocycles. The van der Waals surface area contributed by atoms with Gasteiger partial charge in [-0.3, -0.25) is 14.4 Å². The molecule has 0 saturated carbocycles. The zero-order chi connectivity index (χ0) is 31.7. The first-order valence-corrected chi connectivity index (χ1v) is 14.5. The van der Waals surface area contributed by atoms with Crippen molar-refractivity contribution in [2.75, 3.05) is 24.7 Å². The Hall–Kier alpha value is -4.13. The third kappa shape index (κ3) is 5.77. The third-order valence-corrected chi connectivity index (χ3v) is 7.86. The summed E-state index contributed by atoms with van der Waals surface area (Å²) in [6.45, 7) is 2.53. The molecule has 2 aromatic rings. The Morgan fingerprint density at radius 2 is 1.53 bits per heavy atom. The van der Waals surface area contributed by atoms with Gasteiger partial charge in [0.2, 0.25) is 23.3 Å². The van der Waals surface area contributed by atoms with E-state index in [1.807, 2.05) is 22.6 Å². The summed E-state index contributed by atoms with van der Waals surface area (Å²) in [5.41, 5.74) is -2.02. The van der Waals surface area contributed by atoms with E-state index in [9.17, 15) is 44.4 Å². The number of hydrogen-bond acceptors (Lipinski definition) is 9. The lowest BCUT2D eigenvalue weighted by Crippen LogP contribution is -2.30. The summed E-state index contributed by atoms with van der Waals surface area (Å²) in [6, 6.07) is 4.82. The summed E-state index contributed by atoms with van der Waals surface area (Å²) in [6.07, 6.45) is 0.116. The molecule has 0 atom stereocenters. The van der Waals surface area contributed by atoms with Gasteiger partial charge in [-0.25, -0.2) is 9.59 Å². The van der Waals surface area contributed by atoms with Crippen molar-refractivity contribution in [3.05, 3.63) is 52.8 Å². The van der Waals surface area contributed by atoms with Crippen LogP contribution in [0.5, 0.6) is 17.2 Å². The molecule has 1 aliphatic carbocycles. The van der Waals surface area contributed by atoms with Crippen molar-refractivity contribution in [2.24, 2.45) is 0 Å². The van der Waals surface area contributed by atoms with Crippen molar-refractivity contribution in [2.45, 2.75) is 13.8 Å². The second-order valence-corrected chi connectivity index (χ2v) is 11.1. The molecule has 15 heteroatoms. The number of aromatic carboxylic acids is 2. The van der Waals surface area contributed by atoms with Crippen LogP contribution < -0.4 is 19.8 Å². The number of carboxylic acids is 3. The molecule has 0 unspecified atom stereocenters. The van der Waals surface area contributed by atoms with Crippen LogP contribution in [0.3, 0.4) is 0 Å². The maximum atomic E-state index is 13.1. The molecular formula is C28H21I2NO12. The Morgan fingerprint density at radius 1 is 0.907 bits per heavy atom. The Bertz CT molecular complexity index is 1850. The number of halogens is 2. The lowest BCUT2D eigenvalue weighted by molar-refractivity contribution is -0.136. The van der Waals surface area contributed by atoms with Crippen molar-refractivity contribution in [3.8, 4) is 39.7 Å². The molecule has 1 aliphatic heterocycles. The summed E-state index contributed by atoms with van der Waals surface area (Å²) < 4.78 is 18.0. The predicted molar refractivity (Wildman–Crippen MR) is 169 cm³/mol. The minimum atomic E-state index is -1.61. The van der Waals surface area contributed by atoms with Crippen molar-refractivity contribution >= 4 is 86.2 Å². The Morgan fingerprint density at radius 3 is 2.09 bits per heavy atom. The molecule has 2 aromatic carbocycles. The van der Waals surface area contributed by atoms with Gasteiger partial charge in [0.15, 0.2) is 17.1 Å². The molecule has 4 N–H and O–H groups in total. The highest BCUT2D eigenvalue weighted by Gasteiger charge is 2.32. The van der Waals surface area contributed by atoms with Gasteiger partial charge in [-0.05, 0) is 88.9 Å². The average Bonchev–Trinajstić information content (AvgIpc) is 2.95. The third-order valence-electron chi connectivity index (χ3n) is 6.24. The van der Waals surface area contributed by atoms with Crippen LogP contribution in [-0.4, -0.2) is 64.5 Å². The highest BCUT2D eigenvalue weighted by molar-refractivity contribution is 14.1. The summed E-state index contributed by atoms with van der Waals surface area (Å²) in [4.78, 5) is 62.0. The highest BCUT2D eigenvalue weighted by Crippen LogP contribution is 2.50. The first kappa shape index (κ1) is 31.8. The number of amides is 1. The van der Waals surface area contributed by atoms with Crippen molar-refractivity contribution < 1.29 is 53.5 Å². The first-order chi connectivity index (χ1) is 20.4. The van der Waals surface area contributed by atoms with E-state index in [-0.39, 0.29) is 77.4 Å². The summed E-state index contributed by atoms with van der Waals surface area (Å²) in [5, 5.41) is 40.5. The predicted octanol–water partition coefficient (Wildman–Crippen LogP) is 4.72. The maximum absolute atomic E-state index is 13.1. The molecule has 2 aliphatic rings. The quantitative estimate of drug-likeness (QED) is 0.0924. The van der Waals surface area contributed by atoms with Gasteiger partial charge in [-0.2, -0.15) is 0 Å². The molecular weight excluding hydrogens is 796 g/mol. The number of hydrogen-bond donors (Lipinski definition) is 4. The number of carbonyl (C=O) groups is 4. The van der Waals surface area contributed by atoms with Crippen LogP contribution in [0.2, 0.25) is 0 Å². The number of rotatable bonds is 11. The number of aliphatic carboxylic acids is 1. The zero-order valence-corrected chi connectivity index (χ0v) is 26.6. The van der Waals surface area contributed by atoms with Crippen molar-refractivity contribution in [1.82, 2.24) is 0 Å². The number of fused-ring (bicyclic) bond motifs is 2. The molecule has 224 valence electrons. The van der Waals surface area contributed by atoms with E-state index in [2.05, 4.69) is 0 Å². The monoisotopic (exact) mass is 817 g/mol. The highest BCUT2D eigenvalue weighted by atomic mass is 127. The lowest BCUT2D eigenvalue weighted by atomic mass is 9.88. The molecule has 4 rings (SSSR count). The van der Waals surface area contributed by atoms with Crippen LogP contribution in [-0.2, 0) is 9.59 Å². The Labute approximate surface area is 269 Å². The number of nitrogens with zero attached hydrogens (tertiary/aromatic N) is 1. The molecule has 0 bridgehead atoms. The molecule has 0 radical (unpaired) electrons. The van der Waals surface area contributed by atoms with Crippen LogP contribution in [0.25, 0.3) is 33.4 Å². The standard InChI is InChI=1S/C28H21I2NO12/c1-3-41-25-21(35)16(29)6-14-20(15-7-17(30)22(36)26(42-4-2)24(15)43-23(14)25)11-8-18(31(10-32)9-19(33)34)13(28(39)40)5-12(11)27(37)38/h5-8,10,35H,3-4,9H2,1-2H3,(H,33,34)(H,37,38)(H,39,40). The van der Waals surface area contributed by atoms with Crippen molar-refractivity contribution in [3.63, 3.8) is 0 Å². The average molecular weight is 817 g/mol. The number of benzene rings is 3. The van der Waals surface area contributed by atoms with Crippen molar-refractivity contribution in [1.29, 1.82) is 0 Å². The minimum Gasteiger partial charge on any atom is -0.503 e. The first-order valence-electron chi connectivity index (χ1n) is 12.3. The number of phenols is 1. The van der Waals surface area contributed by atoms with Gasteiger partial charge in [0.05, 0.1) is 37.2 Å². The largest absolute Gasteiger partial charge is 0.503 e. The molecule has 0 fully saturated rings. The molecule has 0 spiro atoms. The fourth-order valence-electron chi connectivity index (χ4n) is 4.56. The normalized spacial score (nSPS) is 11.0. The van der Waals surface area contributed by atoms with Gasteiger partial charge in [0.1, 0.15) is 6.54 Å². The van der Waals surface area contributed by atoms with Gasteiger partial charge in [0, 0.05) is 16.5 Å². The SMILES string of the molecule is CCOc1c2oc3c(OCC)c(O)c(I)cc3c(-c3cc(N(C=O)CC(=O)O)c(C(=O)O)cc3C(=O)O)c-2cc(I)c1=O. The number of anilines is 1. The lowest BCUT2D eigenvalue weighted by Gasteiger charge is -2.23. The zero-order valence-electron chi connectivity index (χ0n) is 22.3. The number of ether oxygens (including phenoxy) is 2. The second-order valence-electron chi connectivity index (χ2n) is 8.80. The van der Waals surface area contributed by atoms with Crippen LogP contribution in [0, 0.1) is 7.14 Å². The summed E-state index contributed by atoms with van der Waals surface area (Å²) in [7, 11) is 0. The van der Waals surface area contributed by atoms with Crippen LogP contribution in [0.15, 0.2) is 33.5 Å². The van der Waals surface area contributed by atoms with E-state index in [0.717, 1.165) is 12.1 Å². The van der Waals surface area contributed by atoms with Crippen LogP contribution >= 0.6 is 45.2 Å². The smallest absolute Gasteiger partial charge is 0.337 e. The number of carbonyl (C=O) groups excluding carboxylic acids is 1. The molecule has 13 nitrogen and oxygen atoms in total. The van der Waals surface area contributed by atoms with E-state index >= 15 is 0 Å². The summed E-state index contributed by atoms with van der Waals surface area (Å²) >= 11 is 3.63. The van der Waals surface area contributed by atoms with E-state index in [0.29, 0.717) is 4.90 Å². The maximum Gasteiger partial charge on any atom is 0.337 e. The molecule has 1 heterocycles. The van der Waals surface area contributed by atoms with Gasteiger partial charge in [-0.1, -0.05) is 0 Å². The fraction of sp³-hybridized carbons (Fsp3) is 0.179. The van der Waals surface area contributed by atoms with E-state index < -0.39 is 46.7 Å². The topological polar surface area (TPSA) is 201 Å². The van der Waals surface area contributed by atoms with E-state index in [4.69, 9.17) is 13.9 Å². The number of aromatic hydroxyl groups is 1. The molecule has 1 amide bonds. The van der Waals surface area contributed by atoms with Gasteiger partial charge >= 0.3 is 17.9 Å².